The van der Waals surface area contributed by atoms with Crippen molar-refractivity contribution in [3.8, 4) is 0 Å². The number of nitrogens with one attached hydrogen (secondary N) is 1. The number of carbonyl (C=O) groups is 1. The van der Waals surface area contributed by atoms with E-state index in [9.17, 15) is 4.79 Å². The second-order valence-corrected chi connectivity index (χ2v) is 3.50. The van der Waals surface area contributed by atoms with Gasteiger partial charge in [-0.1, -0.05) is 0 Å². The van der Waals surface area contributed by atoms with Crippen LogP contribution >= 0.6 is 0 Å². The monoisotopic (exact) mass is 239 g/mol. The zero-order valence-electron chi connectivity index (χ0n) is 10.3. The van der Waals surface area contributed by atoms with E-state index in [2.05, 4.69) is 20.3 Å². The number of aromatic nitrogens is 2. The molecule has 1 aromatic rings. The van der Waals surface area contributed by atoms with Gasteiger partial charge in [-0.25, -0.2) is 4.79 Å². The number of ether oxygens (including phenoxy) is 2. The lowest BCUT2D eigenvalue weighted by Crippen LogP contribution is -2.22. The molecule has 0 amide bonds. The highest BCUT2D eigenvalue weighted by Gasteiger charge is 2.08. The first-order chi connectivity index (χ1) is 8.17. The quantitative estimate of drug-likeness (QED) is 0.749. The summed E-state index contributed by atoms with van der Waals surface area (Å²) < 4.78 is 9.79. The van der Waals surface area contributed by atoms with Crippen molar-refractivity contribution in [2.24, 2.45) is 0 Å². The van der Waals surface area contributed by atoms with E-state index < -0.39 is 5.97 Å². The van der Waals surface area contributed by atoms with Crippen molar-refractivity contribution in [3.05, 3.63) is 17.8 Å². The van der Waals surface area contributed by atoms with E-state index in [-0.39, 0.29) is 11.7 Å². The number of hydrogen-bond donors (Lipinski definition) is 1. The topological polar surface area (TPSA) is 73.3 Å². The van der Waals surface area contributed by atoms with Gasteiger partial charge in [-0.2, -0.15) is 0 Å². The Hall–Kier alpha value is -1.69. The molecule has 6 heteroatoms. The molecule has 0 aliphatic heterocycles. The van der Waals surface area contributed by atoms with Crippen LogP contribution in [0.15, 0.2) is 12.1 Å². The minimum Gasteiger partial charge on any atom is -0.464 e. The normalized spacial score (nSPS) is 11.9. The molecule has 1 N–H and O–H groups in total. The van der Waals surface area contributed by atoms with Gasteiger partial charge in [0.25, 0.3) is 0 Å². The van der Waals surface area contributed by atoms with E-state index in [1.165, 1.54) is 7.11 Å². The first-order valence-corrected chi connectivity index (χ1v) is 5.43. The van der Waals surface area contributed by atoms with Crippen molar-refractivity contribution in [3.63, 3.8) is 0 Å². The molecule has 1 atom stereocenters. The van der Waals surface area contributed by atoms with E-state index in [0.29, 0.717) is 19.0 Å². The second kappa shape index (κ2) is 6.80. The Morgan fingerprint density at radius 2 is 2.24 bits per heavy atom. The molecule has 94 valence electrons. The van der Waals surface area contributed by atoms with Crippen LogP contribution in [0.5, 0.6) is 0 Å². The number of methoxy groups -OCH3 is 1. The van der Waals surface area contributed by atoms with E-state index >= 15 is 0 Å². The van der Waals surface area contributed by atoms with Crippen molar-refractivity contribution >= 4 is 11.8 Å². The standard InChI is InChI=1S/C11H17N3O3/c1-4-17-7-8(2)12-10-6-5-9(13-14-10)11(15)16-3/h5-6,8H,4,7H2,1-3H3,(H,12,14). The van der Waals surface area contributed by atoms with Gasteiger partial charge in [-0.05, 0) is 26.0 Å². The van der Waals surface area contributed by atoms with E-state index in [0.717, 1.165) is 0 Å². The molecule has 0 aliphatic rings. The number of anilines is 1. The van der Waals surface area contributed by atoms with Crippen LogP contribution in [-0.4, -0.2) is 42.5 Å². The first-order valence-electron chi connectivity index (χ1n) is 5.43. The Bertz CT molecular complexity index is 353. The molecule has 0 aliphatic carbocycles. The minimum atomic E-state index is -0.494. The highest BCUT2D eigenvalue weighted by molar-refractivity contribution is 5.86. The predicted molar refractivity (Wildman–Crippen MR) is 62.9 cm³/mol. The number of rotatable bonds is 6. The zero-order chi connectivity index (χ0) is 12.7. The van der Waals surface area contributed by atoms with Crippen molar-refractivity contribution in [1.29, 1.82) is 0 Å². The van der Waals surface area contributed by atoms with Gasteiger partial charge in [0.2, 0.25) is 0 Å². The van der Waals surface area contributed by atoms with Gasteiger partial charge in [0.1, 0.15) is 5.82 Å². The fraction of sp³-hybridized carbons (Fsp3) is 0.545. The smallest absolute Gasteiger partial charge is 0.358 e. The maximum atomic E-state index is 11.1. The van der Waals surface area contributed by atoms with Gasteiger partial charge in [-0.3, -0.25) is 0 Å². The van der Waals surface area contributed by atoms with Crippen LogP contribution in [0, 0.1) is 0 Å². The maximum absolute atomic E-state index is 11.1. The molecule has 1 heterocycles. The lowest BCUT2D eigenvalue weighted by molar-refractivity contribution is 0.0592. The molecule has 1 unspecified atom stereocenters. The fourth-order valence-corrected chi connectivity index (χ4v) is 1.21. The molecule has 17 heavy (non-hydrogen) atoms. The van der Waals surface area contributed by atoms with E-state index in [4.69, 9.17) is 4.74 Å². The maximum Gasteiger partial charge on any atom is 0.358 e. The Kier molecular flexibility index (Phi) is 5.35. The number of esters is 1. The molecule has 1 rings (SSSR count). The van der Waals surface area contributed by atoms with Crippen LogP contribution < -0.4 is 5.32 Å². The largest absolute Gasteiger partial charge is 0.464 e. The summed E-state index contributed by atoms with van der Waals surface area (Å²) in [5.74, 6) is 0.108. The van der Waals surface area contributed by atoms with Gasteiger partial charge in [0.15, 0.2) is 5.69 Å². The summed E-state index contributed by atoms with van der Waals surface area (Å²) in [6.07, 6.45) is 0. The van der Waals surface area contributed by atoms with Gasteiger partial charge >= 0.3 is 5.97 Å². The van der Waals surface area contributed by atoms with Gasteiger partial charge in [0.05, 0.1) is 13.7 Å². The van der Waals surface area contributed by atoms with Crippen molar-refractivity contribution < 1.29 is 14.3 Å². The molecule has 0 bridgehead atoms. The van der Waals surface area contributed by atoms with Crippen molar-refractivity contribution in [2.75, 3.05) is 25.6 Å². The highest BCUT2D eigenvalue weighted by Crippen LogP contribution is 2.05. The van der Waals surface area contributed by atoms with Crippen LogP contribution in [0.25, 0.3) is 0 Å². The molecule has 6 nitrogen and oxygen atoms in total. The molecule has 0 radical (unpaired) electrons. The number of carbonyl (C=O) groups excluding carboxylic acids is 1. The van der Waals surface area contributed by atoms with Crippen LogP contribution in [0.1, 0.15) is 24.3 Å². The molecule has 0 aromatic carbocycles. The summed E-state index contributed by atoms with van der Waals surface area (Å²) in [7, 11) is 1.31. The Morgan fingerprint density at radius 1 is 1.47 bits per heavy atom. The van der Waals surface area contributed by atoms with Crippen LogP contribution in [0.2, 0.25) is 0 Å². The van der Waals surface area contributed by atoms with Crippen molar-refractivity contribution in [1.82, 2.24) is 10.2 Å². The average molecular weight is 239 g/mol. The average Bonchev–Trinajstić information content (AvgIpc) is 2.36. The predicted octanol–water partition coefficient (Wildman–Crippen LogP) is 1.10. The van der Waals surface area contributed by atoms with E-state index in [1.807, 2.05) is 13.8 Å². The Labute approximate surface area is 100 Å². The van der Waals surface area contributed by atoms with Crippen molar-refractivity contribution in [2.45, 2.75) is 19.9 Å². The molecule has 0 saturated carbocycles. The highest BCUT2D eigenvalue weighted by atomic mass is 16.5. The summed E-state index contributed by atoms with van der Waals surface area (Å²) in [6, 6.07) is 3.38. The van der Waals surface area contributed by atoms with Gasteiger partial charge in [0, 0.05) is 12.6 Å². The third-order valence-electron chi connectivity index (χ3n) is 2.03. The molecule has 0 saturated heterocycles. The lowest BCUT2D eigenvalue weighted by atomic mass is 10.3. The van der Waals surface area contributed by atoms with Gasteiger partial charge in [-0.15, -0.1) is 10.2 Å². The van der Waals surface area contributed by atoms with Crippen LogP contribution in [-0.2, 0) is 9.47 Å². The summed E-state index contributed by atoms with van der Waals surface area (Å²) in [5, 5.41) is 10.7. The SMILES string of the molecule is CCOCC(C)Nc1ccc(C(=O)OC)nn1. The minimum absolute atomic E-state index is 0.133. The number of hydrogen-bond acceptors (Lipinski definition) is 6. The second-order valence-electron chi connectivity index (χ2n) is 3.50. The summed E-state index contributed by atoms with van der Waals surface area (Å²) in [5.41, 5.74) is 0.190. The first kappa shape index (κ1) is 13.4. The Balaban J connectivity index is 2.53. The van der Waals surface area contributed by atoms with Crippen LogP contribution in [0.3, 0.4) is 0 Å². The molecule has 1 aromatic heterocycles. The molecular formula is C11H17N3O3. The summed E-state index contributed by atoms with van der Waals surface area (Å²) in [6.45, 7) is 5.19. The fourth-order valence-electron chi connectivity index (χ4n) is 1.21. The third kappa shape index (κ3) is 4.36. The van der Waals surface area contributed by atoms with Gasteiger partial charge < -0.3 is 14.8 Å². The third-order valence-corrected chi connectivity index (χ3v) is 2.03. The zero-order valence-corrected chi connectivity index (χ0v) is 10.3. The molecular weight excluding hydrogens is 222 g/mol. The van der Waals surface area contributed by atoms with Crippen LogP contribution in [0.4, 0.5) is 5.82 Å². The molecule has 0 spiro atoms. The van der Waals surface area contributed by atoms with E-state index in [1.54, 1.807) is 12.1 Å². The lowest BCUT2D eigenvalue weighted by Gasteiger charge is -2.13. The molecule has 0 fully saturated rings. The number of nitrogens with zero attached hydrogens (tertiary/aromatic N) is 2. The summed E-state index contributed by atoms with van der Waals surface area (Å²) >= 11 is 0. The summed E-state index contributed by atoms with van der Waals surface area (Å²) in [4.78, 5) is 11.1. The Morgan fingerprint density at radius 3 is 2.76 bits per heavy atom.